The highest BCUT2D eigenvalue weighted by atomic mass is 32.2. The first kappa shape index (κ1) is 18.6. The molecule has 0 spiro atoms. The van der Waals surface area contributed by atoms with Gasteiger partial charge in [-0.1, -0.05) is 32.9 Å². The lowest BCUT2D eigenvalue weighted by Gasteiger charge is -2.27. The second kappa shape index (κ2) is 6.88. The van der Waals surface area contributed by atoms with Crippen molar-refractivity contribution in [3.63, 3.8) is 0 Å². The molecule has 0 fully saturated rings. The van der Waals surface area contributed by atoms with Gasteiger partial charge in [0.05, 0.1) is 21.6 Å². The van der Waals surface area contributed by atoms with Crippen LogP contribution < -0.4 is 5.32 Å². The molecule has 0 atom stereocenters. The van der Waals surface area contributed by atoms with E-state index in [2.05, 4.69) is 74.4 Å². The third-order valence-corrected chi connectivity index (χ3v) is 5.82. The molecule has 2 aromatic heterocycles. The second-order valence-corrected chi connectivity index (χ2v) is 9.35. The Morgan fingerprint density at radius 1 is 0.962 bits per heavy atom. The molecule has 4 nitrogen and oxygen atoms in total. The van der Waals surface area contributed by atoms with E-state index in [9.17, 15) is 0 Å². The lowest BCUT2D eigenvalue weighted by atomic mass is 9.83. The molecule has 3 rings (SSSR count). The predicted molar refractivity (Wildman–Crippen MR) is 112 cm³/mol. The van der Waals surface area contributed by atoms with Crippen molar-refractivity contribution >= 4 is 34.3 Å². The van der Waals surface area contributed by atoms with Crippen LogP contribution in [0.3, 0.4) is 0 Å². The number of rotatable bonds is 4. The number of nitrogens with zero attached hydrogens (tertiary/aromatic N) is 3. The van der Waals surface area contributed by atoms with E-state index in [1.165, 1.54) is 10.9 Å². The maximum Gasteiger partial charge on any atom is 0.227 e. The highest BCUT2D eigenvalue weighted by Crippen LogP contribution is 2.39. The first-order valence-corrected chi connectivity index (χ1v) is 9.99. The van der Waals surface area contributed by atoms with Gasteiger partial charge in [-0.3, -0.25) is 0 Å². The molecule has 0 aliphatic carbocycles. The van der Waals surface area contributed by atoms with Gasteiger partial charge in [-0.2, -0.15) is 11.8 Å². The van der Waals surface area contributed by atoms with Gasteiger partial charge in [-0.15, -0.1) is 0 Å². The maximum absolute atomic E-state index is 5.05. The van der Waals surface area contributed by atoms with E-state index in [1.807, 2.05) is 23.9 Å². The van der Waals surface area contributed by atoms with Crippen molar-refractivity contribution in [2.45, 2.75) is 44.8 Å². The van der Waals surface area contributed by atoms with E-state index in [1.54, 1.807) is 12.4 Å². The molecule has 0 radical (unpaired) electrons. The zero-order valence-corrected chi connectivity index (χ0v) is 17.1. The Morgan fingerprint density at radius 3 is 2.27 bits per heavy atom. The van der Waals surface area contributed by atoms with E-state index < -0.39 is 0 Å². The van der Waals surface area contributed by atoms with E-state index >= 15 is 0 Å². The summed E-state index contributed by atoms with van der Waals surface area (Å²) in [6, 6.07) is 10.3. The van der Waals surface area contributed by atoms with E-state index in [0.29, 0.717) is 5.95 Å². The third-order valence-electron chi connectivity index (χ3n) is 4.59. The van der Waals surface area contributed by atoms with Crippen LogP contribution in [0.5, 0.6) is 0 Å². The summed E-state index contributed by atoms with van der Waals surface area (Å²) in [4.78, 5) is 13.6. The van der Waals surface area contributed by atoms with Gasteiger partial charge in [0, 0.05) is 17.8 Å². The quantitative estimate of drug-likeness (QED) is 0.645. The standard InChI is InChI=1S/C21H26N4S/c1-20(2,3)15-13-17(21(4,5)26-6)25-18-14(15)9-7-10-16(18)24-19-22-11-8-12-23-19/h7-13H,1-6H3,(H,22,23,24). The Kier molecular flexibility index (Phi) is 4.93. The molecule has 0 saturated carbocycles. The molecule has 0 bridgehead atoms. The van der Waals surface area contributed by atoms with Gasteiger partial charge in [0.25, 0.3) is 0 Å². The number of thioether (sulfide) groups is 1. The summed E-state index contributed by atoms with van der Waals surface area (Å²) in [7, 11) is 0. The Morgan fingerprint density at radius 2 is 1.65 bits per heavy atom. The van der Waals surface area contributed by atoms with Crippen LogP contribution in [0.2, 0.25) is 0 Å². The summed E-state index contributed by atoms with van der Waals surface area (Å²) in [5.74, 6) is 0.577. The molecule has 136 valence electrons. The van der Waals surface area contributed by atoms with Crippen molar-refractivity contribution in [2.75, 3.05) is 11.6 Å². The lowest BCUT2D eigenvalue weighted by Crippen LogP contribution is -2.19. The number of aromatic nitrogens is 3. The van der Waals surface area contributed by atoms with E-state index in [0.717, 1.165) is 16.9 Å². The van der Waals surface area contributed by atoms with Gasteiger partial charge < -0.3 is 5.32 Å². The minimum absolute atomic E-state index is 0.0201. The van der Waals surface area contributed by atoms with Gasteiger partial charge in [0.1, 0.15) is 0 Å². The van der Waals surface area contributed by atoms with Gasteiger partial charge in [-0.05, 0) is 49.3 Å². The van der Waals surface area contributed by atoms with Gasteiger partial charge in [0.2, 0.25) is 5.95 Å². The minimum Gasteiger partial charge on any atom is -0.322 e. The Hall–Kier alpha value is -2.14. The molecular weight excluding hydrogens is 340 g/mol. The van der Waals surface area contributed by atoms with Gasteiger partial charge >= 0.3 is 0 Å². The topological polar surface area (TPSA) is 50.7 Å². The van der Waals surface area contributed by atoms with Crippen molar-refractivity contribution in [3.8, 4) is 0 Å². The summed E-state index contributed by atoms with van der Waals surface area (Å²) in [6.07, 6.45) is 5.60. The molecule has 0 unspecified atom stereocenters. The molecule has 2 heterocycles. The monoisotopic (exact) mass is 366 g/mol. The number of benzene rings is 1. The smallest absolute Gasteiger partial charge is 0.227 e. The average molecular weight is 367 g/mol. The second-order valence-electron chi connectivity index (χ2n) is 7.92. The van der Waals surface area contributed by atoms with E-state index in [-0.39, 0.29) is 10.2 Å². The van der Waals surface area contributed by atoms with Crippen molar-refractivity contribution in [3.05, 3.63) is 54.0 Å². The normalized spacial score (nSPS) is 12.4. The highest BCUT2D eigenvalue weighted by molar-refractivity contribution is 7.99. The minimum atomic E-state index is -0.0649. The molecule has 0 saturated heterocycles. The number of hydrogen-bond donors (Lipinski definition) is 1. The fraction of sp³-hybridized carbons (Fsp3) is 0.381. The maximum atomic E-state index is 5.05. The van der Waals surface area contributed by atoms with E-state index in [4.69, 9.17) is 4.98 Å². The summed E-state index contributed by atoms with van der Waals surface area (Å²) in [5.41, 5.74) is 4.30. The molecule has 5 heteroatoms. The number of hydrogen-bond acceptors (Lipinski definition) is 5. The van der Waals surface area contributed by atoms with Gasteiger partial charge in [-0.25, -0.2) is 15.0 Å². The number of nitrogens with one attached hydrogen (secondary N) is 1. The SMILES string of the molecule is CSC(C)(C)c1cc(C(C)(C)C)c2cccc(Nc3ncccn3)c2n1. The first-order chi connectivity index (χ1) is 12.2. The number of para-hydroxylation sites is 1. The Bertz CT molecular complexity index is 914. The molecule has 1 N–H and O–H groups in total. The summed E-state index contributed by atoms with van der Waals surface area (Å²) >= 11 is 1.81. The van der Waals surface area contributed by atoms with Crippen LogP contribution in [0.4, 0.5) is 11.6 Å². The largest absolute Gasteiger partial charge is 0.322 e. The molecule has 26 heavy (non-hydrogen) atoms. The first-order valence-electron chi connectivity index (χ1n) is 8.76. The number of pyridine rings is 1. The summed E-state index contributed by atoms with van der Waals surface area (Å²) in [6.45, 7) is 11.2. The molecule has 1 aromatic carbocycles. The van der Waals surface area contributed by atoms with Crippen molar-refractivity contribution in [2.24, 2.45) is 0 Å². The average Bonchev–Trinajstić information content (AvgIpc) is 2.61. The molecule has 0 amide bonds. The van der Waals surface area contributed by atoms with Crippen LogP contribution in [0.1, 0.15) is 45.9 Å². The van der Waals surface area contributed by atoms with Crippen LogP contribution in [-0.2, 0) is 10.2 Å². The molecule has 0 aliphatic heterocycles. The number of fused-ring (bicyclic) bond motifs is 1. The van der Waals surface area contributed by atoms with Crippen LogP contribution in [-0.4, -0.2) is 21.2 Å². The highest BCUT2D eigenvalue weighted by Gasteiger charge is 2.26. The van der Waals surface area contributed by atoms with Crippen LogP contribution >= 0.6 is 11.8 Å². The van der Waals surface area contributed by atoms with Crippen LogP contribution in [0.15, 0.2) is 42.7 Å². The van der Waals surface area contributed by atoms with Crippen molar-refractivity contribution in [1.29, 1.82) is 0 Å². The summed E-state index contributed by atoms with van der Waals surface area (Å²) < 4.78 is -0.0649. The molecular formula is C21H26N4S. The Labute approximate surface area is 159 Å². The Balaban J connectivity index is 2.26. The van der Waals surface area contributed by atoms with Crippen LogP contribution in [0, 0.1) is 0 Å². The van der Waals surface area contributed by atoms with Crippen molar-refractivity contribution < 1.29 is 0 Å². The molecule has 3 aromatic rings. The van der Waals surface area contributed by atoms with Gasteiger partial charge in [0.15, 0.2) is 0 Å². The fourth-order valence-electron chi connectivity index (χ4n) is 2.87. The predicted octanol–water partition coefficient (Wildman–Crippen LogP) is 5.66. The fourth-order valence-corrected chi connectivity index (χ4v) is 3.18. The lowest BCUT2D eigenvalue weighted by molar-refractivity contribution is 0.592. The third kappa shape index (κ3) is 3.68. The van der Waals surface area contributed by atoms with Crippen LogP contribution in [0.25, 0.3) is 10.9 Å². The zero-order chi connectivity index (χ0) is 18.9. The molecule has 0 aliphatic rings. The number of anilines is 2. The zero-order valence-electron chi connectivity index (χ0n) is 16.3. The van der Waals surface area contributed by atoms with Crippen molar-refractivity contribution in [1.82, 2.24) is 15.0 Å². The summed E-state index contributed by atoms with van der Waals surface area (Å²) in [5, 5.41) is 4.50.